The quantitative estimate of drug-likeness (QED) is 0.150. The number of carbonyl (C=O) groups excluding carboxylic acids is 3. The summed E-state index contributed by atoms with van der Waals surface area (Å²) in [5.74, 6) is 1.12. The van der Waals surface area contributed by atoms with Crippen LogP contribution in [-0.2, 0) is 19.0 Å². The number of amides is 2. The van der Waals surface area contributed by atoms with Crippen molar-refractivity contribution in [3.05, 3.63) is 0 Å². The van der Waals surface area contributed by atoms with Gasteiger partial charge in [0.25, 0.3) is 0 Å². The molecule has 0 aromatic heterocycles. The molecule has 2 aliphatic heterocycles. The highest BCUT2D eigenvalue weighted by molar-refractivity contribution is 8.77. The molecule has 2 aliphatic rings. The zero-order chi connectivity index (χ0) is 28.3. The molecule has 2 atom stereocenters. The van der Waals surface area contributed by atoms with Crippen molar-refractivity contribution in [3.63, 3.8) is 0 Å². The lowest BCUT2D eigenvalue weighted by molar-refractivity contribution is -0.137. The minimum Gasteiger partial charge on any atom is -0.535 e. The fourth-order valence-electron chi connectivity index (χ4n) is 5.12. The second kappa shape index (κ2) is 15.7. The summed E-state index contributed by atoms with van der Waals surface area (Å²) in [6.45, 7) is 12.3. The van der Waals surface area contributed by atoms with E-state index in [-0.39, 0.29) is 29.6 Å². The SMILES string of the molecule is CN[C@@H](CCCCNC(=O)[C@H](CSSC(C)(C)C)NC(=O)OC(C)(C)C)C(=O)OB1C2CCCC1CCC2. The van der Waals surface area contributed by atoms with E-state index in [4.69, 9.17) is 9.39 Å². The fraction of sp³-hybridized carbons (Fsp3) is 0.889. The first-order valence-corrected chi connectivity index (χ1v) is 16.6. The lowest BCUT2D eigenvalue weighted by Crippen LogP contribution is -2.49. The molecular weight excluding hydrogens is 521 g/mol. The van der Waals surface area contributed by atoms with Crippen LogP contribution in [0.15, 0.2) is 0 Å². The van der Waals surface area contributed by atoms with Gasteiger partial charge >= 0.3 is 19.0 Å². The van der Waals surface area contributed by atoms with E-state index in [2.05, 4.69) is 36.7 Å². The topological polar surface area (TPSA) is 106 Å². The van der Waals surface area contributed by atoms with Gasteiger partial charge < -0.3 is 25.3 Å². The number of fused-ring (bicyclic) bond motifs is 2. The maximum absolute atomic E-state index is 12.9. The molecule has 0 saturated carbocycles. The third-order valence-electron chi connectivity index (χ3n) is 6.88. The average molecular weight is 572 g/mol. The van der Waals surface area contributed by atoms with Crippen LogP contribution < -0.4 is 16.0 Å². The van der Waals surface area contributed by atoms with Gasteiger partial charge in [-0.2, -0.15) is 0 Å². The zero-order valence-electron chi connectivity index (χ0n) is 24.5. The van der Waals surface area contributed by atoms with E-state index in [0.29, 0.717) is 30.4 Å². The standard InChI is InChI=1S/C27H50BN3O5S2/c1-26(2,3)35-25(34)31-22(18-37-38-27(4,5)6)23(32)30-17-9-8-16-21(29-7)24(33)36-28-19-12-10-13-20(28)15-11-14-19/h19-22,29H,8-18H2,1-7H3,(H,30,32)(H,31,34)/t19?,20?,21-,22-/m0/s1. The monoisotopic (exact) mass is 571 g/mol. The van der Waals surface area contributed by atoms with Gasteiger partial charge in [0.1, 0.15) is 17.7 Å². The van der Waals surface area contributed by atoms with Crippen molar-refractivity contribution in [2.24, 2.45) is 0 Å². The number of hydrogen-bond donors (Lipinski definition) is 3. The van der Waals surface area contributed by atoms with E-state index in [0.717, 1.165) is 12.8 Å². The van der Waals surface area contributed by atoms with E-state index in [9.17, 15) is 14.4 Å². The third kappa shape index (κ3) is 12.4. The Kier molecular flexibility index (Phi) is 13.7. The molecule has 38 heavy (non-hydrogen) atoms. The largest absolute Gasteiger partial charge is 0.535 e. The Bertz CT molecular complexity index is 753. The Hall–Kier alpha value is -1.07. The molecule has 2 amide bonds. The lowest BCUT2D eigenvalue weighted by Gasteiger charge is -2.39. The summed E-state index contributed by atoms with van der Waals surface area (Å²) >= 11 is 0. The van der Waals surface area contributed by atoms with Crippen LogP contribution in [0.4, 0.5) is 4.79 Å². The molecule has 8 nitrogen and oxygen atoms in total. The molecule has 2 rings (SSSR count). The molecule has 2 fully saturated rings. The summed E-state index contributed by atoms with van der Waals surface area (Å²) in [7, 11) is 5.03. The Morgan fingerprint density at radius 1 is 0.947 bits per heavy atom. The van der Waals surface area contributed by atoms with Gasteiger partial charge in [-0.25, -0.2) is 4.79 Å². The van der Waals surface area contributed by atoms with Crippen molar-refractivity contribution in [1.29, 1.82) is 0 Å². The number of unbranched alkanes of at least 4 members (excludes halogenated alkanes) is 1. The number of nitrogens with one attached hydrogen (secondary N) is 3. The van der Waals surface area contributed by atoms with Gasteiger partial charge in [0.2, 0.25) is 5.91 Å². The number of ether oxygens (including phenoxy) is 1. The van der Waals surface area contributed by atoms with Crippen LogP contribution in [-0.4, -0.2) is 66.7 Å². The van der Waals surface area contributed by atoms with Crippen molar-refractivity contribution in [2.45, 2.75) is 133 Å². The van der Waals surface area contributed by atoms with Gasteiger partial charge in [-0.1, -0.05) is 80.9 Å². The van der Waals surface area contributed by atoms with Crippen LogP contribution in [0.3, 0.4) is 0 Å². The minimum atomic E-state index is -0.695. The maximum atomic E-state index is 12.9. The van der Waals surface area contributed by atoms with Crippen molar-refractivity contribution < 1.29 is 23.8 Å². The molecule has 2 saturated heterocycles. The maximum Gasteiger partial charge on any atom is 0.408 e. The molecule has 0 spiro atoms. The van der Waals surface area contributed by atoms with Crippen LogP contribution >= 0.6 is 21.6 Å². The van der Waals surface area contributed by atoms with E-state index >= 15 is 0 Å². The Balaban J connectivity index is 1.77. The second-order valence-electron chi connectivity index (χ2n) is 12.6. The molecule has 0 aromatic carbocycles. The summed E-state index contributed by atoms with van der Waals surface area (Å²) in [6.07, 6.45) is 8.78. The Morgan fingerprint density at radius 3 is 2.08 bits per heavy atom. The molecule has 0 aliphatic carbocycles. The Labute approximate surface area is 238 Å². The van der Waals surface area contributed by atoms with Gasteiger partial charge in [-0.3, -0.25) is 9.59 Å². The number of likely N-dealkylation sites (N-methyl/N-ethyl adjacent to an activating group) is 1. The summed E-state index contributed by atoms with van der Waals surface area (Å²) < 4.78 is 11.4. The molecule has 0 unspecified atom stereocenters. The van der Waals surface area contributed by atoms with E-state index in [1.54, 1.807) is 49.4 Å². The predicted octanol–water partition coefficient (Wildman–Crippen LogP) is 5.58. The zero-order valence-corrected chi connectivity index (χ0v) is 26.2. The normalized spacial score (nSPS) is 21.3. The van der Waals surface area contributed by atoms with Gasteiger partial charge in [0.05, 0.1) is 0 Å². The first kappa shape index (κ1) is 33.1. The summed E-state index contributed by atoms with van der Waals surface area (Å²) in [5.41, 5.74) is -0.640. The van der Waals surface area contributed by atoms with Gasteiger partial charge in [0.15, 0.2) is 0 Å². The first-order chi connectivity index (χ1) is 17.8. The van der Waals surface area contributed by atoms with E-state index in [1.807, 2.05) is 0 Å². The molecule has 11 heteroatoms. The highest BCUT2D eigenvalue weighted by Crippen LogP contribution is 2.46. The number of alkyl carbamates (subject to hydrolysis) is 1. The summed E-state index contributed by atoms with van der Waals surface area (Å²) in [6, 6.07) is -1.03. The summed E-state index contributed by atoms with van der Waals surface area (Å²) in [5, 5.41) is 8.79. The van der Waals surface area contributed by atoms with E-state index < -0.39 is 17.7 Å². The molecule has 3 N–H and O–H groups in total. The molecule has 0 radical (unpaired) electrons. The second-order valence-corrected chi connectivity index (χ2v) is 15.8. The van der Waals surface area contributed by atoms with Crippen molar-refractivity contribution in [2.75, 3.05) is 19.3 Å². The van der Waals surface area contributed by atoms with Crippen LogP contribution in [0, 0.1) is 0 Å². The van der Waals surface area contributed by atoms with Crippen molar-refractivity contribution in [1.82, 2.24) is 16.0 Å². The van der Waals surface area contributed by atoms with Gasteiger partial charge in [0, 0.05) is 17.0 Å². The molecule has 218 valence electrons. The highest BCUT2D eigenvalue weighted by Gasteiger charge is 2.44. The smallest absolute Gasteiger partial charge is 0.408 e. The van der Waals surface area contributed by atoms with Crippen LogP contribution in [0.1, 0.15) is 99.3 Å². The molecule has 0 aromatic rings. The van der Waals surface area contributed by atoms with Crippen molar-refractivity contribution >= 4 is 46.5 Å². The lowest BCUT2D eigenvalue weighted by atomic mass is 9.38. The number of hydrogen-bond acceptors (Lipinski definition) is 8. The number of rotatable bonds is 13. The Morgan fingerprint density at radius 2 is 1.55 bits per heavy atom. The minimum absolute atomic E-state index is 0.0401. The molecule has 2 heterocycles. The highest BCUT2D eigenvalue weighted by atomic mass is 33.1. The number of carbonyl (C=O) groups is 3. The van der Waals surface area contributed by atoms with Crippen LogP contribution in [0.25, 0.3) is 0 Å². The van der Waals surface area contributed by atoms with E-state index in [1.165, 1.54) is 38.5 Å². The third-order valence-corrected chi connectivity index (χ3v) is 10.2. The van der Waals surface area contributed by atoms with Gasteiger partial charge in [-0.05, 0) is 58.7 Å². The summed E-state index contributed by atoms with van der Waals surface area (Å²) in [4.78, 5) is 38.1. The fourth-order valence-corrected chi connectivity index (χ4v) is 7.59. The first-order valence-electron chi connectivity index (χ1n) is 14.2. The predicted molar refractivity (Wildman–Crippen MR) is 160 cm³/mol. The molecular formula is C27H50BN3O5S2. The van der Waals surface area contributed by atoms with Gasteiger partial charge in [-0.15, -0.1) is 0 Å². The molecule has 2 bridgehead atoms. The van der Waals surface area contributed by atoms with Crippen molar-refractivity contribution in [3.8, 4) is 0 Å². The van der Waals surface area contributed by atoms with Crippen LogP contribution in [0.2, 0.25) is 11.6 Å². The average Bonchev–Trinajstić information content (AvgIpc) is 2.78. The van der Waals surface area contributed by atoms with Crippen LogP contribution in [0.5, 0.6) is 0 Å².